The molecule has 1 aromatic rings. The molecule has 3 aliphatic heterocycles. The molecule has 0 radical (unpaired) electrons. The molecular weight excluding hydrogens is 414 g/mol. The maximum atomic E-state index is 13.2. The van der Waals surface area contributed by atoms with Gasteiger partial charge in [0.15, 0.2) is 12.2 Å². The van der Waals surface area contributed by atoms with E-state index in [9.17, 15) is 14.4 Å². The van der Waals surface area contributed by atoms with Crippen molar-refractivity contribution in [1.82, 2.24) is 14.7 Å². The molecule has 3 aliphatic rings. The van der Waals surface area contributed by atoms with Gasteiger partial charge in [0.25, 0.3) is 5.91 Å². The average molecular weight is 441 g/mol. The number of allylic oxidation sites excluding steroid dienone is 1. The summed E-state index contributed by atoms with van der Waals surface area (Å²) in [5, 5.41) is 0. The number of hydrogen-bond donors (Lipinski definition) is 0. The molecule has 0 saturated carbocycles. The van der Waals surface area contributed by atoms with Crippen molar-refractivity contribution in [2.75, 3.05) is 38.3 Å². The minimum Gasteiger partial charge on any atom is -0.462 e. The van der Waals surface area contributed by atoms with Gasteiger partial charge in [-0.1, -0.05) is 0 Å². The van der Waals surface area contributed by atoms with E-state index in [-0.39, 0.29) is 24.5 Å². The minimum atomic E-state index is -0.631. The van der Waals surface area contributed by atoms with Crippen molar-refractivity contribution < 1.29 is 23.9 Å². The average Bonchev–Trinajstić information content (AvgIpc) is 3.29. The van der Waals surface area contributed by atoms with Crippen LogP contribution in [-0.4, -0.2) is 84.2 Å². The van der Waals surface area contributed by atoms with Crippen molar-refractivity contribution in [2.45, 2.75) is 33.0 Å². The highest BCUT2D eigenvalue weighted by molar-refractivity contribution is 6.10. The zero-order chi connectivity index (χ0) is 23.0. The van der Waals surface area contributed by atoms with Gasteiger partial charge in [-0.05, 0) is 45.0 Å². The molecule has 32 heavy (non-hydrogen) atoms. The Morgan fingerprint density at radius 1 is 1.12 bits per heavy atom. The van der Waals surface area contributed by atoms with Crippen LogP contribution in [0.3, 0.4) is 0 Å². The molecular formula is C22H27N5O5. The van der Waals surface area contributed by atoms with Crippen molar-refractivity contribution in [3.05, 3.63) is 41.7 Å². The van der Waals surface area contributed by atoms with Crippen LogP contribution in [0, 0.1) is 0 Å². The summed E-state index contributed by atoms with van der Waals surface area (Å²) in [6, 6.07) is 6.00. The van der Waals surface area contributed by atoms with Crippen LogP contribution in [0.15, 0.2) is 41.2 Å². The van der Waals surface area contributed by atoms with E-state index in [1.165, 1.54) is 9.80 Å². The standard InChI is InChI=1S/C22H27N5O5/c1-5-31-12-11-25-19(28)17-18(24(4)22(25)30)23-21-26(17)13-14(3)27(21)16-9-7-15(8-10-16)20(29)32-6-2/h7-10,13,17-18H,5-6,11-12H2,1-4H3. The number of carbonyl (C=O) groups excluding carboxylic acids is 3. The van der Waals surface area contributed by atoms with Crippen LogP contribution in [0.4, 0.5) is 10.5 Å². The monoisotopic (exact) mass is 441 g/mol. The van der Waals surface area contributed by atoms with E-state index in [4.69, 9.17) is 14.5 Å². The lowest BCUT2D eigenvalue weighted by Crippen LogP contribution is -2.64. The number of guanidine groups is 1. The molecule has 170 valence electrons. The predicted molar refractivity (Wildman–Crippen MR) is 117 cm³/mol. The normalized spacial score (nSPS) is 22.1. The molecule has 0 bridgehead atoms. The summed E-state index contributed by atoms with van der Waals surface area (Å²) >= 11 is 0. The first kappa shape index (κ1) is 21.8. The first-order valence-electron chi connectivity index (χ1n) is 10.7. The molecule has 2 atom stereocenters. The molecule has 10 heteroatoms. The third-order valence-corrected chi connectivity index (χ3v) is 5.69. The number of anilines is 1. The Kier molecular flexibility index (Phi) is 5.88. The lowest BCUT2D eigenvalue weighted by atomic mass is 10.1. The number of hydrogen-bond acceptors (Lipinski definition) is 8. The van der Waals surface area contributed by atoms with E-state index in [2.05, 4.69) is 0 Å². The van der Waals surface area contributed by atoms with Gasteiger partial charge in [-0.15, -0.1) is 0 Å². The number of rotatable bonds is 7. The molecule has 1 saturated heterocycles. The maximum absolute atomic E-state index is 13.2. The van der Waals surface area contributed by atoms with Crippen LogP contribution in [0.5, 0.6) is 0 Å². The number of esters is 1. The number of aliphatic imine (C=N–C) groups is 1. The van der Waals surface area contributed by atoms with Gasteiger partial charge in [-0.3, -0.25) is 14.6 Å². The number of urea groups is 1. The van der Waals surface area contributed by atoms with Crippen LogP contribution in [-0.2, 0) is 14.3 Å². The SMILES string of the molecule is CCOCCN1C(=O)C2C(N=C3N(c4ccc(C(=O)OCC)cc4)C(C)=CN32)N(C)C1=O. The Hall–Kier alpha value is -3.40. The lowest BCUT2D eigenvalue weighted by molar-refractivity contribution is -0.137. The lowest BCUT2D eigenvalue weighted by Gasteiger charge is -2.40. The zero-order valence-corrected chi connectivity index (χ0v) is 18.6. The Balaban J connectivity index is 1.59. The van der Waals surface area contributed by atoms with E-state index in [0.29, 0.717) is 31.3 Å². The molecule has 0 aliphatic carbocycles. The van der Waals surface area contributed by atoms with Gasteiger partial charge in [0, 0.05) is 31.2 Å². The van der Waals surface area contributed by atoms with Crippen molar-refractivity contribution in [3.63, 3.8) is 0 Å². The first-order valence-corrected chi connectivity index (χ1v) is 10.7. The highest BCUT2D eigenvalue weighted by Gasteiger charge is 2.54. The van der Waals surface area contributed by atoms with E-state index < -0.39 is 12.2 Å². The second kappa shape index (κ2) is 8.62. The van der Waals surface area contributed by atoms with Crippen LogP contribution >= 0.6 is 0 Å². The van der Waals surface area contributed by atoms with Crippen molar-refractivity contribution in [1.29, 1.82) is 0 Å². The van der Waals surface area contributed by atoms with Gasteiger partial charge in [0.1, 0.15) is 0 Å². The Bertz CT molecular complexity index is 989. The molecule has 3 amide bonds. The number of ether oxygens (including phenoxy) is 2. The van der Waals surface area contributed by atoms with E-state index >= 15 is 0 Å². The zero-order valence-electron chi connectivity index (χ0n) is 18.6. The number of benzene rings is 1. The molecule has 1 aromatic carbocycles. The Morgan fingerprint density at radius 2 is 1.84 bits per heavy atom. The molecule has 0 aromatic heterocycles. The summed E-state index contributed by atoms with van der Waals surface area (Å²) in [6.07, 6.45) is 1.25. The van der Waals surface area contributed by atoms with Gasteiger partial charge >= 0.3 is 12.0 Å². The fourth-order valence-electron chi connectivity index (χ4n) is 4.14. The molecule has 0 N–H and O–H groups in total. The van der Waals surface area contributed by atoms with Crippen LogP contribution < -0.4 is 4.90 Å². The largest absolute Gasteiger partial charge is 0.462 e. The number of carbonyl (C=O) groups is 3. The summed E-state index contributed by atoms with van der Waals surface area (Å²) in [5.41, 5.74) is 2.13. The van der Waals surface area contributed by atoms with Gasteiger partial charge in [0.05, 0.1) is 25.3 Å². The molecule has 1 fully saturated rings. The summed E-state index contributed by atoms with van der Waals surface area (Å²) in [5.74, 6) is -0.0994. The second-order valence-electron chi connectivity index (χ2n) is 7.65. The quantitative estimate of drug-likeness (QED) is 0.471. The molecule has 0 spiro atoms. The summed E-state index contributed by atoms with van der Waals surface area (Å²) in [7, 11) is 1.65. The smallest absolute Gasteiger partial charge is 0.338 e. The van der Waals surface area contributed by atoms with Crippen LogP contribution in [0.2, 0.25) is 0 Å². The first-order chi connectivity index (χ1) is 15.4. The van der Waals surface area contributed by atoms with E-state index in [0.717, 1.165) is 11.4 Å². The number of amides is 3. The number of fused-ring (bicyclic) bond motifs is 3. The maximum Gasteiger partial charge on any atom is 0.338 e. The highest BCUT2D eigenvalue weighted by atomic mass is 16.5. The van der Waals surface area contributed by atoms with Crippen molar-refractivity contribution >= 4 is 29.6 Å². The third-order valence-electron chi connectivity index (χ3n) is 5.69. The molecule has 3 heterocycles. The fraction of sp³-hybridized carbons (Fsp3) is 0.455. The van der Waals surface area contributed by atoms with Gasteiger partial charge < -0.3 is 19.3 Å². The van der Waals surface area contributed by atoms with Crippen LogP contribution in [0.25, 0.3) is 0 Å². The fourth-order valence-corrected chi connectivity index (χ4v) is 4.14. The molecule has 10 nitrogen and oxygen atoms in total. The van der Waals surface area contributed by atoms with E-state index in [1.54, 1.807) is 26.1 Å². The van der Waals surface area contributed by atoms with Gasteiger partial charge in [-0.25, -0.2) is 14.6 Å². The topological polar surface area (TPSA) is 95.0 Å². The van der Waals surface area contributed by atoms with Crippen LogP contribution in [0.1, 0.15) is 31.1 Å². The predicted octanol–water partition coefficient (Wildman–Crippen LogP) is 1.84. The van der Waals surface area contributed by atoms with E-state index in [1.807, 2.05) is 42.0 Å². The number of imide groups is 1. The molecule has 2 unspecified atom stereocenters. The number of likely N-dealkylation sites (N-methyl/N-ethyl adjacent to an activating group) is 1. The highest BCUT2D eigenvalue weighted by Crippen LogP contribution is 2.36. The Labute approximate surface area is 186 Å². The second-order valence-corrected chi connectivity index (χ2v) is 7.65. The Morgan fingerprint density at radius 3 is 2.50 bits per heavy atom. The van der Waals surface area contributed by atoms with Crippen molar-refractivity contribution in [3.8, 4) is 0 Å². The third kappa shape index (κ3) is 3.50. The summed E-state index contributed by atoms with van der Waals surface area (Å²) < 4.78 is 10.4. The molecule has 4 rings (SSSR count). The van der Waals surface area contributed by atoms with Gasteiger partial charge in [0.2, 0.25) is 5.96 Å². The van der Waals surface area contributed by atoms with Gasteiger partial charge in [-0.2, -0.15) is 0 Å². The minimum absolute atomic E-state index is 0.198. The number of nitrogens with zero attached hydrogens (tertiary/aromatic N) is 5. The summed E-state index contributed by atoms with van der Waals surface area (Å²) in [4.78, 5) is 49.2. The summed E-state index contributed by atoms with van der Waals surface area (Å²) in [6.45, 7) is 6.87. The van der Waals surface area contributed by atoms with Crippen molar-refractivity contribution in [2.24, 2.45) is 4.99 Å².